The average Bonchev–Trinajstić information content (AvgIpc) is 2.18. The van der Waals surface area contributed by atoms with Crippen molar-refractivity contribution >= 4 is 5.78 Å². The first-order valence-electron chi connectivity index (χ1n) is 4.51. The van der Waals surface area contributed by atoms with E-state index in [1.807, 2.05) is 30.3 Å². The summed E-state index contributed by atoms with van der Waals surface area (Å²) in [5.74, 6) is -0.122. The number of carbonyl (C=O) groups is 1. The maximum Gasteiger partial charge on any atom is 0.182 e. The van der Waals surface area contributed by atoms with Crippen molar-refractivity contribution in [3.8, 4) is 0 Å². The molecule has 0 radical (unpaired) electrons. The second-order valence-corrected chi connectivity index (χ2v) is 3.68. The van der Waals surface area contributed by atoms with Crippen molar-refractivity contribution in [2.24, 2.45) is 5.73 Å². The van der Waals surface area contributed by atoms with Crippen LogP contribution in [-0.4, -0.2) is 5.78 Å². The number of hydrogen-bond acceptors (Lipinski definition) is 2. The fraction of sp³-hybridized carbons (Fsp3) is 0.250. The molecule has 0 aliphatic rings. The zero-order valence-electron chi connectivity index (χ0n) is 8.58. The average molecular weight is 189 g/mol. The first-order chi connectivity index (χ1) is 6.46. The molecule has 1 atom stereocenters. The molecule has 0 heterocycles. The molecule has 0 spiro atoms. The highest BCUT2D eigenvalue weighted by molar-refractivity contribution is 6.01. The molecule has 2 N–H and O–H groups in total. The Balaban J connectivity index is 3.08. The van der Waals surface area contributed by atoms with Crippen LogP contribution in [0.15, 0.2) is 42.5 Å². The molecule has 0 aliphatic heterocycles. The van der Waals surface area contributed by atoms with Crippen molar-refractivity contribution in [2.75, 3.05) is 0 Å². The summed E-state index contributed by atoms with van der Waals surface area (Å²) in [5, 5.41) is 0. The lowest BCUT2D eigenvalue weighted by atomic mass is 9.86. The third-order valence-corrected chi connectivity index (χ3v) is 2.23. The van der Waals surface area contributed by atoms with E-state index >= 15 is 0 Å². The number of rotatable bonds is 3. The molecule has 0 aliphatic carbocycles. The molecule has 74 valence electrons. The lowest BCUT2D eigenvalue weighted by Gasteiger charge is -2.23. The maximum atomic E-state index is 11.7. The van der Waals surface area contributed by atoms with Crippen molar-refractivity contribution in [3.63, 3.8) is 0 Å². The predicted molar refractivity (Wildman–Crippen MR) is 57.8 cm³/mol. The summed E-state index contributed by atoms with van der Waals surface area (Å²) in [7, 11) is 0. The molecule has 0 saturated carbocycles. The summed E-state index contributed by atoms with van der Waals surface area (Å²) in [5.41, 5.74) is 6.30. The summed E-state index contributed by atoms with van der Waals surface area (Å²) in [6.07, 6.45) is 0. The SMILES string of the molecule is C=C(C)C(=O)C(C)(N)c1ccccc1. The highest BCUT2D eigenvalue weighted by Crippen LogP contribution is 2.20. The van der Waals surface area contributed by atoms with Crippen molar-refractivity contribution in [3.05, 3.63) is 48.0 Å². The molecule has 14 heavy (non-hydrogen) atoms. The zero-order valence-corrected chi connectivity index (χ0v) is 8.58. The Morgan fingerprint density at radius 3 is 2.29 bits per heavy atom. The minimum atomic E-state index is -0.965. The van der Waals surface area contributed by atoms with Crippen LogP contribution in [0.4, 0.5) is 0 Å². The highest BCUT2D eigenvalue weighted by Gasteiger charge is 2.30. The van der Waals surface area contributed by atoms with Gasteiger partial charge < -0.3 is 5.73 Å². The van der Waals surface area contributed by atoms with Crippen LogP contribution in [0, 0.1) is 0 Å². The maximum absolute atomic E-state index is 11.7. The summed E-state index contributed by atoms with van der Waals surface area (Å²) >= 11 is 0. The van der Waals surface area contributed by atoms with Gasteiger partial charge in [-0.15, -0.1) is 0 Å². The van der Waals surface area contributed by atoms with E-state index in [-0.39, 0.29) is 5.78 Å². The standard InChI is InChI=1S/C12H15NO/c1-9(2)11(14)12(3,13)10-7-5-4-6-8-10/h4-8H,1,13H2,2-3H3. The Bertz CT molecular complexity index is 352. The smallest absolute Gasteiger partial charge is 0.182 e. The molecule has 1 rings (SSSR count). The second kappa shape index (κ2) is 3.76. The Hall–Kier alpha value is -1.41. The van der Waals surface area contributed by atoms with E-state index in [0.717, 1.165) is 5.56 Å². The van der Waals surface area contributed by atoms with Crippen LogP contribution in [-0.2, 0) is 10.3 Å². The van der Waals surface area contributed by atoms with Crippen LogP contribution in [0.2, 0.25) is 0 Å². The Kier molecular flexibility index (Phi) is 2.87. The van der Waals surface area contributed by atoms with Gasteiger partial charge in [0.05, 0.1) is 0 Å². The van der Waals surface area contributed by atoms with Gasteiger partial charge in [-0.25, -0.2) is 0 Å². The molecule has 1 aromatic carbocycles. The van der Waals surface area contributed by atoms with Crippen LogP contribution in [0.25, 0.3) is 0 Å². The topological polar surface area (TPSA) is 43.1 Å². The van der Waals surface area contributed by atoms with Gasteiger partial charge in [0.25, 0.3) is 0 Å². The number of Topliss-reactive ketones (excluding diaryl/α,β-unsaturated/α-hetero) is 1. The van der Waals surface area contributed by atoms with Crippen LogP contribution in [0.3, 0.4) is 0 Å². The number of ketones is 1. The zero-order chi connectivity index (χ0) is 10.8. The van der Waals surface area contributed by atoms with Gasteiger partial charge in [-0.2, -0.15) is 0 Å². The lowest BCUT2D eigenvalue weighted by molar-refractivity contribution is -0.120. The second-order valence-electron chi connectivity index (χ2n) is 3.68. The summed E-state index contributed by atoms with van der Waals surface area (Å²) in [6, 6.07) is 9.32. The van der Waals surface area contributed by atoms with Gasteiger partial charge in [0.2, 0.25) is 0 Å². The van der Waals surface area contributed by atoms with E-state index in [9.17, 15) is 4.79 Å². The van der Waals surface area contributed by atoms with E-state index in [1.54, 1.807) is 13.8 Å². The normalized spacial score (nSPS) is 14.5. The number of nitrogens with two attached hydrogens (primary N) is 1. The molecule has 2 nitrogen and oxygen atoms in total. The molecule has 0 saturated heterocycles. The molecule has 1 aromatic rings. The van der Waals surface area contributed by atoms with Crippen molar-refractivity contribution in [2.45, 2.75) is 19.4 Å². The van der Waals surface area contributed by atoms with E-state index < -0.39 is 5.54 Å². The van der Waals surface area contributed by atoms with Gasteiger partial charge in [-0.1, -0.05) is 36.9 Å². The van der Waals surface area contributed by atoms with E-state index in [2.05, 4.69) is 6.58 Å². The first-order valence-corrected chi connectivity index (χ1v) is 4.51. The van der Waals surface area contributed by atoms with Gasteiger partial charge in [-0.05, 0) is 25.0 Å². The van der Waals surface area contributed by atoms with Crippen molar-refractivity contribution in [1.82, 2.24) is 0 Å². The van der Waals surface area contributed by atoms with Crippen LogP contribution >= 0.6 is 0 Å². The molecule has 0 bridgehead atoms. The summed E-state index contributed by atoms with van der Waals surface area (Å²) in [6.45, 7) is 7.00. The highest BCUT2D eigenvalue weighted by atomic mass is 16.1. The number of hydrogen-bond donors (Lipinski definition) is 1. The summed E-state index contributed by atoms with van der Waals surface area (Å²) in [4.78, 5) is 11.7. The van der Waals surface area contributed by atoms with E-state index in [4.69, 9.17) is 5.73 Å². The van der Waals surface area contributed by atoms with Gasteiger partial charge >= 0.3 is 0 Å². The number of carbonyl (C=O) groups excluding carboxylic acids is 1. The Labute approximate surface area is 84.4 Å². The minimum Gasteiger partial charge on any atom is -0.315 e. The Morgan fingerprint density at radius 1 is 1.36 bits per heavy atom. The van der Waals surface area contributed by atoms with Gasteiger partial charge in [0.1, 0.15) is 5.54 Å². The van der Waals surface area contributed by atoms with E-state index in [0.29, 0.717) is 5.57 Å². The first kappa shape index (κ1) is 10.7. The monoisotopic (exact) mass is 189 g/mol. The summed E-state index contributed by atoms with van der Waals surface area (Å²) < 4.78 is 0. The van der Waals surface area contributed by atoms with Crippen molar-refractivity contribution in [1.29, 1.82) is 0 Å². The predicted octanol–water partition coefficient (Wildman–Crippen LogP) is 2.01. The van der Waals surface area contributed by atoms with Gasteiger partial charge in [-0.3, -0.25) is 4.79 Å². The third-order valence-electron chi connectivity index (χ3n) is 2.23. The molecule has 1 unspecified atom stereocenters. The molecule has 0 fully saturated rings. The van der Waals surface area contributed by atoms with Gasteiger partial charge in [0, 0.05) is 0 Å². The van der Waals surface area contributed by atoms with Crippen LogP contribution in [0.1, 0.15) is 19.4 Å². The number of benzene rings is 1. The fourth-order valence-electron chi connectivity index (χ4n) is 1.36. The fourth-order valence-corrected chi connectivity index (χ4v) is 1.36. The largest absolute Gasteiger partial charge is 0.315 e. The Morgan fingerprint density at radius 2 is 1.86 bits per heavy atom. The molecule has 0 amide bonds. The minimum absolute atomic E-state index is 0.122. The molecule has 0 aromatic heterocycles. The van der Waals surface area contributed by atoms with Gasteiger partial charge in [0.15, 0.2) is 5.78 Å². The molecular weight excluding hydrogens is 174 g/mol. The molecule has 2 heteroatoms. The van der Waals surface area contributed by atoms with Crippen LogP contribution < -0.4 is 5.73 Å². The third kappa shape index (κ3) is 1.91. The van der Waals surface area contributed by atoms with E-state index in [1.165, 1.54) is 0 Å². The van der Waals surface area contributed by atoms with Crippen LogP contribution in [0.5, 0.6) is 0 Å². The quantitative estimate of drug-likeness (QED) is 0.739. The molecular formula is C12H15NO. The lowest BCUT2D eigenvalue weighted by Crippen LogP contribution is -2.42. The van der Waals surface area contributed by atoms with Crippen molar-refractivity contribution < 1.29 is 4.79 Å².